The number of benzene rings is 1. The van der Waals surface area contributed by atoms with Gasteiger partial charge in [-0.3, -0.25) is 0 Å². The van der Waals surface area contributed by atoms with Gasteiger partial charge >= 0.3 is 0 Å². The summed E-state index contributed by atoms with van der Waals surface area (Å²) in [7, 11) is 0. The summed E-state index contributed by atoms with van der Waals surface area (Å²) in [5, 5.41) is 8.60. The van der Waals surface area contributed by atoms with Gasteiger partial charge in [0.05, 0.1) is 32.0 Å². The first kappa shape index (κ1) is 11.6. The van der Waals surface area contributed by atoms with E-state index in [1.54, 1.807) is 0 Å². The molecule has 1 fully saturated rings. The van der Waals surface area contributed by atoms with Crippen LogP contribution in [0.4, 0.5) is 0 Å². The highest BCUT2D eigenvalue weighted by molar-refractivity contribution is 5.13. The van der Waals surface area contributed by atoms with Crippen LogP contribution in [0.1, 0.15) is 18.4 Å². The second-order valence-electron chi connectivity index (χ2n) is 4.11. The summed E-state index contributed by atoms with van der Waals surface area (Å²) < 4.78 is 11.1. The van der Waals surface area contributed by atoms with Crippen molar-refractivity contribution < 1.29 is 14.6 Å². The molecule has 1 aliphatic rings. The van der Waals surface area contributed by atoms with Crippen LogP contribution in [0, 0.1) is 0 Å². The SMILES string of the molecule is OCCO[C@H]1C[C@H](OCc2ccccc2)C1. The molecular weight excluding hydrogens is 204 g/mol. The minimum atomic E-state index is 0.103. The van der Waals surface area contributed by atoms with E-state index in [4.69, 9.17) is 14.6 Å². The van der Waals surface area contributed by atoms with Gasteiger partial charge in [-0.2, -0.15) is 0 Å². The maximum atomic E-state index is 8.60. The van der Waals surface area contributed by atoms with Gasteiger partial charge in [-0.15, -0.1) is 0 Å². The van der Waals surface area contributed by atoms with Gasteiger partial charge in [0, 0.05) is 0 Å². The van der Waals surface area contributed by atoms with Crippen LogP contribution in [0.15, 0.2) is 30.3 Å². The Kier molecular flexibility index (Phi) is 4.34. The lowest BCUT2D eigenvalue weighted by Gasteiger charge is -2.34. The molecule has 1 saturated carbocycles. The molecule has 0 saturated heterocycles. The molecule has 0 heterocycles. The molecule has 0 unspecified atom stereocenters. The Morgan fingerprint density at radius 3 is 2.44 bits per heavy atom. The Bertz CT molecular complexity index is 293. The van der Waals surface area contributed by atoms with Crippen LogP contribution in [0.2, 0.25) is 0 Å². The Morgan fingerprint density at radius 1 is 1.06 bits per heavy atom. The quantitative estimate of drug-likeness (QED) is 0.797. The first-order valence-corrected chi connectivity index (χ1v) is 5.76. The maximum absolute atomic E-state index is 8.60. The highest BCUT2D eigenvalue weighted by Crippen LogP contribution is 2.26. The predicted octanol–water partition coefficient (Wildman–Crippen LogP) is 1.74. The number of hydrogen-bond acceptors (Lipinski definition) is 3. The minimum absolute atomic E-state index is 0.103. The van der Waals surface area contributed by atoms with Crippen LogP contribution >= 0.6 is 0 Å². The molecule has 0 aromatic heterocycles. The summed E-state index contributed by atoms with van der Waals surface area (Å²) in [5.41, 5.74) is 1.21. The third kappa shape index (κ3) is 3.30. The van der Waals surface area contributed by atoms with Crippen molar-refractivity contribution in [2.45, 2.75) is 31.7 Å². The average molecular weight is 222 g/mol. The standard InChI is InChI=1S/C13H18O3/c14-6-7-15-12-8-13(9-12)16-10-11-4-2-1-3-5-11/h1-5,12-14H,6-10H2/t12-,13-. The fourth-order valence-corrected chi connectivity index (χ4v) is 1.80. The largest absolute Gasteiger partial charge is 0.394 e. The van der Waals surface area contributed by atoms with Crippen molar-refractivity contribution in [2.75, 3.05) is 13.2 Å². The number of hydrogen-bond donors (Lipinski definition) is 1. The number of aliphatic hydroxyl groups is 1. The van der Waals surface area contributed by atoms with Crippen LogP contribution in [0.5, 0.6) is 0 Å². The van der Waals surface area contributed by atoms with Crippen molar-refractivity contribution in [1.29, 1.82) is 0 Å². The smallest absolute Gasteiger partial charge is 0.0720 e. The fraction of sp³-hybridized carbons (Fsp3) is 0.538. The zero-order valence-corrected chi connectivity index (χ0v) is 9.34. The Hall–Kier alpha value is -0.900. The lowest BCUT2D eigenvalue weighted by Crippen LogP contribution is -2.37. The Balaban J connectivity index is 1.60. The summed E-state index contributed by atoms with van der Waals surface area (Å²) in [6.45, 7) is 1.22. The maximum Gasteiger partial charge on any atom is 0.0720 e. The molecule has 0 amide bonds. The molecule has 2 rings (SSSR count). The monoisotopic (exact) mass is 222 g/mol. The van der Waals surface area contributed by atoms with E-state index in [2.05, 4.69) is 12.1 Å². The Morgan fingerprint density at radius 2 is 1.75 bits per heavy atom. The molecule has 1 N–H and O–H groups in total. The van der Waals surface area contributed by atoms with Crippen LogP contribution in [-0.2, 0) is 16.1 Å². The zero-order chi connectivity index (χ0) is 11.2. The third-order valence-electron chi connectivity index (χ3n) is 2.82. The first-order valence-electron chi connectivity index (χ1n) is 5.76. The zero-order valence-electron chi connectivity index (χ0n) is 9.34. The molecule has 1 aromatic rings. The molecule has 0 atom stereocenters. The van der Waals surface area contributed by atoms with E-state index < -0.39 is 0 Å². The summed E-state index contributed by atoms with van der Waals surface area (Å²) in [5.74, 6) is 0. The van der Waals surface area contributed by atoms with E-state index in [0.717, 1.165) is 12.8 Å². The molecule has 16 heavy (non-hydrogen) atoms. The summed E-state index contributed by atoms with van der Waals surface area (Å²) in [6, 6.07) is 10.2. The van der Waals surface area contributed by atoms with E-state index in [1.807, 2.05) is 18.2 Å². The highest BCUT2D eigenvalue weighted by atomic mass is 16.5. The Labute approximate surface area is 96.0 Å². The van der Waals surface area contributed by atoms with Gasteiger partial charge in [0.25, 0.3) is 0 Å². The van der Waals surface area contributed by atoms with Crippen molar-refractivity contribution in [2.24, 2.45) is 0 Å². The molecule has 1 aromatic carbocycles. The summed E-state index contributed by atoms with van der Waals surface area (Å²) in [6.07, 6.45) is 2.51. The first-order chi connectivity index (χ1) is 7.88. The van der Waals surface area contributed by atoms with E-state index in [9.17, 15) is 0 Å². The highest BCUT2D eigenvalue weighted by Gasteiger charge is 2.30. The van der Waals surface area contributed by atoms with Crippen molar-refractivity contribution in [3.05, 3.63) is 35.9 Å². The van der Waals surface area contributed by atoms with Gasteiger partial charge in [-0.25, -0.2) is 0 Å². The van der Waals surface area contributed by atoms with E-state index in [1.165, 1.54) is 5.56 Å². The van der Waals surface area contributed by atoms with E-state index in [-0.39, 0.29) is 12.7 Å². The fourth-order valence-electron chi connectivity index (χ4n) is 1.80. The van der Waals surface area contributed by atoms with Crippen molar-refractivity contribution >= 4 is 0 Å². The molecule has 1 aliphatic carbocycles. The van der Waals surface area contributed by atoms with Gasteiger partial charge in [0.1, 0.15) is 0 Å². The molecular formula is C13H18O3. The number of rotatable bonds is 6. The van der Waals surface area contributed by atoms with E-state index >= 15 is 0 Å². The van der Waals surface area contributed by atoms with Crippen LogP contribution in [0.3, 0.4) is 0 Å². The van der Waals surface area contributed by atoms with Crippen LogP contribution in [-0.4, -0.2) is 30.5 Å². The van der Waals surface area contributed by atoms with E-state index in [0.29, 0.717) is 19.3 Å². The predicted molar refractivity (Wildman–Crippen MR) is 61.1 cm³/mol. The van der Waals surface area contributed by atoms with Gasteiger partial charge in [0.2, 0.25) is 0 Å². The van der Waals surface area contributed by atoms with Gasteiger partial charge in [0.15, 0.2) is 0 Å². The molecule has 3 nitrogen and oxygen atoms in total. The summed E-state index contributed by atoms with van der Waals surface area (Å²) in [4.78, 5) is 0. The average Bonchev–Trinajstić information content (AvgIpc) is 2.28. The second kappa shape index (κ2) is 5.99. The molecule has 0 aliphatic heterocycles. The topological polar surface area (TPSA) is 38.7 Å². The van der Waals surface area contributed by atoms with Crippen molar-refractivity contribution in [3.63, 3.8) is 0 Å². The molecule has 0 spiro atoms. The third-order valence-corrected chi connectivity index (χ3v) is 2.82. The number of ether oxygens (including phenoxy) is 2. The molecule has 88 valence electrons. The molecule has 3 heteroatoms. The van der Waals surface area contributed by atoms with Gasteiger partial charge in [-0.1, -0.05) is 30.3 Å². The minimum Gasteiger partial charge on any atom is -0.394 e. The lowest BCUT2D eigenvalue weighted by molar-refractivity contribution is -0.111. The van der Waals surface area contributed by atoms with Crippen LogP contribution in [0.25, 0.3) is 0 Å². The molecule has 0 radical (unpaired) electrons. The van der Waals surface area contributed by atoms with Crippen LogP contribution < -0.4 is 0 Å². The normalized spacial score (nSPS) is 24.1. The van der Waals surface area contributed by atoms with Gasteiger partial charge < -0.3 is 14.6 Å². The number of aliphatic hydroxyl groups excluding tert-OH is 1. The van der Waals surface area contributed by atoms with Crippen molar-refractivity contribution in [1.82, 2.24) is 0 Å². The second-order valence-corrected chi connectivity index (χ2v) is 4.11. The lowest BCUT2D eigenvalue weighted by atomic mass is 9.92. The molecule has 0 bridgehead atoms. The summed E-state index contributed by atoms with van der Waals surface area (Å²) >= 11 is 0. The van der Waals surface area contributed by atoms with Crippen molar-refractivity contribution in [3.8, 4) is 0 Å². The van der Waals surface area contributed by atoms with Gasteiger partial charge in [-0.05, 0) is 18.4 Å².